The van der Waals surface area contributed by atoms with Gasteiger partial charge in [0.05, 0.1) is 0 Å². The number of alkyl halides is 1. The minimum Gasteiger partial charge on any atom is -0.247 e. The third-order valence-corrected chi connectivity index (χ3v) is 0.704. The van der Waals surface area contributed by atoms with E-state index in [0.29, 0.717) is 0 Å². The lowest BCUT2D eigenvalue weighted by Crippen LogP contribution is -1.68. The van der Waals surface area contributed by atoms with Crippen LogP contribution in [0.15, 0.2) is 49.9 Å². The molecule has 0 fully saturated rings. The molecule has 0 rings (SSSR count). The van der Waals surface area contributed by atoms with Gasteiger partial charge >= 0.3 is 0 Å². The Hall–Kier alpha value is -1.18. The molecule has 0 bridgehead atoms. The summed E-state index contributed by atoms with van der Waals surface area (Å²) < 4.78 is 22.3. The molecule has 76 valence electrons. The number of hydrogen-bond donors (Lipinski definition) is 0. The highest BCUT2D eigenvalue weighted by molar-refractivity contribution is 5.28. The largest absolute Gasteiger partial charge is 0.247 e. The molecular formula is C11H18F2. The van der Waals surface area contributed by atoms with Crippen LogP contribution < -0.4 is 0 Å². The predicted octanol–water partition coefficient (Wildman–Crippen LogP) is 4.38. The van der Waals surface area contributed by atoms with Gasteiger partial charge in [-0.2, -0.15) is 0 Å². The van der Waals surface area contributed by atoms with E-state index in [0.717, 1.165) is 0 Å². The summed E-state index contributed by atoms with van der Waals surface area (Å²) in [4.78, 5) is 0. The van der Waals surface area contributed by atoms with Crippen molar-refractivity contribution in [3.8, 4) is 0 Å². The molecule has 13 heavy (non-hydrogen) atoms. The van der Waals surface area contributed by atoms with Crippen molar-refractivity contribution in [1.82, 2.24) is 0 Å². The van der Waals surface area contributed by atoms with E-state index in [1.165, 1.54) is 12.2 Å². The van der Waals surface area contributed by atoms with E-state index >= 15 is 0 Å². The van der Waals surface area contributed by atoms with Crippen LogP contribution in [0.1, 0.15) is 13.8 Å². The fraction of sp³-hybridized carbons (Fsp3) is 0.273. The first-order valence-corrected chi connectivity index (χ1v) is 3.93. The van der Waals surface area contributed by atoms with Gasteiger partial charge < -0.3 is 0 Å². The van der Waals surface area contributed by atoms with Crippen molar-refractivity contribution >= 4 is 0 Å². The summed E-state index contributed by atoms with van der Waals surface area (Å²) in [6.45, 7) is 16.2. The summed E-state index contributed by atoms with van der Waals surface area (Å²) >= 11 is 0. The molecular weight excluding hydrogens is 170 g/mol. The summed E-state index contributed by atoms with van der Waals surface area (Å²) in [6.07, 6.45) is 2.53. The standard InChI is InChI=1S/C6H7F.C3H5F.C2H6/c1-4-5(2)6(3)7;1-2-3-4;1-2/h4H,1-3H2;2H,1,3H2;1-2H3. The van der Waals surface area contributed by atoms with Gasteiger partial charge in [0, 0.05) is 5.57 Å². The lowest BCUT2D eigenvalue weighted by atomic mass is 10.3. The maximum Gasteiger partial charge on any atom is 0.122 e. The summed E-state index contributed by atoms with van der Waals surface area (Å²) in [5.41, 5.74) is 0.250. The van der Waals surface area contributed by atoms with Crippen LogP contribution in [0.5, 0.6) is 0 Å². The molecule has 0 unspecified atom stereocenters. The number of hydrogen-bond acceptors (Lipinski definition) is 0. The Balaban J connectivity index is -0.000000142. The Morgan fingerprint density at radius 3 is 1.54 bits per heavy atom. The Bertz CT molecular complexity index is 157. The second-order valence-electron chi connectivity index (χ2n) is 1.58. The summed E-state index contributed by atoms with van der Waals surface area (Å²) in [6, 6.07) is 0. The fourth-order valence-corrected chi connectivity index (χ4v) is 0.111. The maximum atomic E-state index is 11.7. The molecule has 0 nitrogen and oxygen atoms in total. The smallest absolute Gasteiger partial charge is 0.122 e. The lowest BCUT2D eigenvalue weighted by molar-refractivity contribution is 0.562. The first kappa shape index (κ1) is 17.8. The topological polar surface area (TPSA) is 0 Å². The first-order chi connectivity index (χ1) is 6.09. The Morgan fingerprint density at radius 1 is 1.23 bits per heavy atom. The van der Waals surface area contributed by atoms with Crippen LogP contribution in [0.3, 0.4) is 0 Å². The molecule has 0 spiro atoms. The minimum atomic E-state index is -0.519. The van der Waals surface area contributed by atoms with Crippen LogP contribution in [0.2, 0.25) is 0 Å². The van der Waals surface area contributed by atoms with E-state index in [2.05, 4.69) is 26.3 Å². The van der Waals surface area contributed by atoms with Crippen molar-refractivity contribution < 1.29 is 8.78 Å². The van der Waals surface area contributed by atoms with Gasteiger partial charge in [0.1, 0.15) is 12.5 Å². The molecule has 0 amide bonds. The lowest BCUT2D eigenvalue weighted by Gasteiger charge is -1.86. The fourth-order valence-electron chi connectivity index (χ4n) is 0.111. The van der Waals surface area contributed by atoms with E-state index in [1.54, 1.807) is 0 Å². The molecule has 0 saturated heterocycles. The van der Waals surface area contributed by atoms with Gasteiger partial charge in [-0.1, -0.05) is 45.7 Å². The highest BCUT2D eigenvalue weighted by atomic mass is 19.1. The van der Waals surface area contributed by atoms with Gasteiger partial charge in [0.25, 0.3) is 0 Å². The van der Waals surface area contributed by atoms with Gasteiger partial charge in [-0.25, -0.2) is 8.78 Å². The van der Waals surface area contributed by atoms with Gasteiger partial charge in [-0.3, -0.25) is 0 Å². The number of rotatable bonds is 3. The molecule has 0 aliphatic heterocycles. The SMILES string of the molecule is C=CC(=C)C(=C)F.C=CCF.CC. The van der Waals surface area contributed by atoms with Crippen molar-refractivity contribution in [2.75, 3.05) is 6.67 Å². The van der Waals surface area contributed by atoms with E-state index in [1.807, 2.05) is 13.8 Å². The third-order valence-electron chi connectivity index (χ3n) is 0.704. The Labute approximate surface area is 80.0 Å². The average Bonchev–Trinajstić information content (AvgIpc) is 2.19. The van der Waals surface area contributed by atoms with E-state index < -0.39 is 12.5 Å². The van der Waals surface area contributed by atoms with Crippen molar-refractivity contribution in [3.63, 3.8) is 0 Å². The van der Waals surface area contributed by atoms with Crippen LogP contribution in [-0.2, 0) is 0 Å². The second-order valence-corrected chi connectivity index (χ2v) is 1.58. The molecule has 0 aliphatic rings. The third kappa shape index (κ3) is 24.8. The van der Waals surface area contributed by atoms with Crippen LogP contribution in [-0.4, -0.2) is 6.67 Å². The zero-order chi connectivity index (χ0) is 11.3. The molecule has 0 radical (unpaired) electrons. The summed E-state index contributed by atoms with van der Waals surface area (Å²) in [5, 5.41) is 0. The molecule has 0 aromatic heterocycles. The molecule has 2 heteroatoms. The van der Waals surface area contributed by atoms with Crippen molar-refractivity contribution in [2.24, 2.45) is 0 Å². The maximum absolute atomic E-state index is 11.7. The van der Waals surface area contributed by atoms with E-state index in [-0.39, 0.29) is 5.57 Å². The highest BCUT2D eigenvalue weighted by Gasteiger charge is 1.86. The number of allylic oxidation sites excluding steroid dienone is 4. The van der Waals surface area contributed by atoms with E-state index in [4.69, 9.17) is 0 Å². The molecule has 0 heterocycles. The zero-order valence-electron chi connectivity index (χ0n) is 8.45. The summed E-state index contributed by atoms with van der Waals surface area (Å²) in [5.74, 6) is -0.519. The van der Waals surface area contributed by atoms with Crippen molar-refractivity contribution in [3.05, 3.63) is 49.9 Å². The van der Waals surface area contributed by atoms with Crippen LogP contribution in [0.4, 0.5) is 8.78 Å². The minimum absolute atomic E-state index is 0.250. The van der Waals surface area contributed by atoms with Gasteiger partial charge in [0.2, 0.25) is 0 Å². The number of halogens is 2. The van der Waals surface area contributed by atoms with Gasteiger partial charge in [0.15, 0.2) is 0 Å². The Morgan fingerprint density at radius 2 is 1.54 bits per heavy atom. The summed E-state index contributed by atoms with van der Waals surface area (Å²) in [7, 11) is 0. The average molecular weight is 188 g/mol. The second kappa shape index (κ2) is 17.1. The quantitative estimate of drug-likeness (QED) is 0.455. The molecule has 0 aliphatic carbocycles. The molecule has 0 aromatic rings. The zero-order valence-corrected chi connectivity index (χ0v) is 8.45. The van der Waals surface area contributed by atoms with Crippen molar-refractivity contribution in [1.29, 1.82) is 0 Å². The van der Waals surface area contributed by atoms with Crippen LogP contribution in [0, 0.1) is 0 Å². The molecule has 0 saturated carbocycles. The molecule has 0 atom stereocenters. The van der Waals surface area contributed by atoms with Crippen LogP contribution in [0.25, 0.3) is 0 Å². The molecule has 0 aromatic carbocycles. The van der Waals surface area contributed by atoms with Gasteiger partial charge in [-0.15, -0.1) is 6.58 Å². The van der Waals surface area contributed by atoms with E-state index in [9.17, 15) is 8.78 Å². The highest BCUT2D eigenvalue weighted by Crippen LogP contribution is 2.04. The first-order valence-electron chi connectivity index (χ1n) is 3.93. The van der Waals surface area contributed by atoms with Crippen LogP contribution >= 0.6 is 0 Å². The predicted molar refractivity (Wildman–Crippen MR) is 57.1 cm³/mol. The Kier molecular flexibility index (Phi) is 23.3. The van der Waals surface area contributed by atoms with Gasteiger partial charge in [-0.05, 0) is 0 Å². The monoisotopic (exact) mass is 188 g/mol. The normalized spacial score (nSPS) is 6.46. The molecule has 0 N–H and O–H groups in total. The van der Waals surface area contributed by atoms with Crippen molar-refractivity contribution in [2.45, 2.75) is 13.8 Å².